The molecule has 0 aromatic carbocycles. The van der Waals surface area contributed by atoms with E-state index in [0.29, 0.717) is 6.04 Å². The van der Waals surface area contributed by atoms with Crippen molar-refractivity contribution in [1.82, 2.24) is 25.5 Å². The van der Waals surface area contributed by atoms with E-state index in [9.17, 15) is 0 Å². The van der Waals surface area contributed by atoms with Gasteiger partial charge in [0.25, 0.3) is 0 Å². The lowest BCUT2D eigenvalue weighted by Gasteiger charge is -2.16. The summed E-state index contributed by atoms with van der Waals surface area (Å²) >= 11 is 0. The summed E-state index contributed by atoms with van der Waals surface area (Å²) in [6.45, 7) is 7.50. The predicted molar refractivity (Wildman–Crippen MR) is 62.0 cm³/mol. The highest BCUT2D eigenvalue weighted by Crippen LogP contribution is 2.39. The molecule has 0 spiro atoms. The van der Waals surface area contributed by atoms with E-state index in [-0.39, 0.29) is 6.04 Å². The Morgan fingerprint density at radius 2 is 2.19 bits per heavy atom. The summed E-state index contributed by atoms with van der Waals surface area (Å²) < 4.78 is 1.99. The first-order valence-corrected chi connectivity index (χ1v) is 6.25. The highest BCUT2D eigenvalue weighted by Gasteiger charge is 2.32. The van der Waals surface area contributed by atoms with Crippen molar-refractivity contribution in [1.29, 1.82) is 0 Å². The molecule has 1 aromatic rings. The van der Waals surface area contributed by atoms with Crippen LogP contribution in [0.15, 0.2) is 0 Å². The van der Waals surface area contributed by atoms with Crippen LogP contribution in [0.1, 0.15) is 57.9 Å². The van der Waals surface area contributed by atoms with Crippen molar-refractivity contribution < 1.29 is 0 Å². The fourth-order valence-electron chi connectivity index (χ4n) is 2.01. The molecule has 90 valence electrons. The zero-order valence-corrected chi connectivity index (χ0v) is 10.3. The van der Waals surface area contributed by atoms with Gasteiger partial charge in [-0.2, -0.15) is 0 Å². The second-order valence-corrected chi connectivity index (χ2v) is 4.74. The maximum absolute atomic E-state index is 4.14. The molecule has 5 nitrogen and oxygen atoms in total. The molecule has 0 bridgehead atoms. The van der Waals surface area contributed by atoms with Crippen molar-refractivity contribution in [2.24, 2.45) is 5.92 Å². The first kappa shape index (κ1) is 11.5. The monoisotopic (exact) mass is 223 g/mol. The molecule has 1 aromatic heterocycles. The van der Waals surface area contributed by atoms with E-state index < -0.39 is 0 Å². The molecule has 1 heterocycles. The lowest BCUT2D eigenvalue weighted by Crippen LogP contribution is -2.24. The number of nitrogens with zero attached hydrogens (tertiary/aromatic N) is 4. The number of hydrogen-bond acceptors (Lipinski definition) is 4. The van der Waals surface area contributed by atoms with Crippen molar-refractivity contribution >= 4 is 0 Å². The number of nitrogens with one attached hydrogen (secondary N) is 1. The Morgan fingerprint density at radius 3 is 2.81 bits per heavy atom. The molecule has 0 radical (unpaired) electrons. The van der Waals surface area contributed by atoms with E-state index in [4.69, 9.17) is 0 Å². The molecule has 0 amide bonds. The normalized spacial score (nSPS) is 19.7. The van der Waals surface area contributed by atoms with Crippen LogP contribution in [0.5, 0.6) is 0 Å². The summed E-state index contributed by atoms with van der Waals surface area (Å²) in [4.78, 5) is 0. The number of rotatable bonds is 6. The quantitative estimate of drug-likeness (QED) is 0.797. The van der Waals surface area contributed by atoms with Crippen LogP contribution in [0.3, 0.4) is 0 Å². The highest BCUT2D eigenvalue weighted by molar-refractivity contribution is 4.94. The van der Waals surface area contributed by atoms with Gasteiger partial charge < -0.3 is 5.32 Å². The van der Waals surface area contributed by atoms with Crippen LogP contribution < -0.4 is 5.32 Å². The number of hydrogen-bond donors (Lipinski definition) is 1. The average Bonchev–Trinajstić information content (AvgIpc) is 3.02. The third-order valence-corrected chi connectivity index (χ3v) is 3.30. The minimum atomic E-state index is 0.233. The van der Waals surface area contributed by atoms with Gasteiger partial charge >= 0.3 is 0 Å². The molecule has 2 atom stereocenters. The van der Waals surface area contributed by atoms with Crippen molar-refractivity contribution in [2.75, 3.05) is 6.54 Å². The van der Waals surface area contributed by atoms with E-state index in [1.807, 2.05) is 4.68 Å². The molecule has 5 heteroatoms. The SMILES string of the molecule is CCCNC(C)c1nnnn1C(C)C1CC1. The summed E-state index contributed by atoms with van der Waals surface area (Å²) in [5.74, 6) is 1.74. The molecule has 0 saturated heterocycles. The summed E-state index contributed by atoms with van der Waals surface area (Å²) in [6, 6.07) is 0.673. The van der Waals surface area contributed by atoms with Crippen LogP contribution in [-0.2, 0) is 0 Å². The first-order chi connectivity index (χ1) is 7.74. The molecular weight excluding hydrogens is 202 g/mol. The third-order valence-electron chi connectivity index (χ3n) is 3.30. The largest absolute Gasteiger partial charge is 0.307 e. The van der Waals surface area contributed by atoms with Crippen molar-refractivity contribution in [3.05, 3.63) is 5.82 Å². The number of tetrazole rings is 1. The molecule has 1 aliphatic rings. The minimum Gasteiger partial charge on any atom is -0.307 e. The lowest BCUT2D eigenvalue weighted by molar-refractivity contribution is 0.393. The zero-order chi connectivity index (χ0) is 11.5. The van der Waals surface area contributed by atoms with Crippen LogP contribution in [-0.4, -0.2) is 26.8 Å². The van der Waals surface area contributed by atoms with E-state index >= 15 is 0 Å². The van der Waals surface area contributed by atoms with Gasteiger partial charge in [-0.1, -0.05) is 6.92 Å². The van der Waals surface area contributed by atoms with Gasteiger partial charge in [-0.25, -0.2) is 4.68 Å². The molecule has 16 heavy (non-hydrogen) atoms. The predicted octanol–water partition coefficient (Wildman–Crippen LogP) is 1.70. The molecule has 2 rings (SSSR count). The van der Waals surface area contributed by atoms with E-state index in [1.165, 1.54) is 12.8 Å². The Bertz CT molecular complexity index is 331. The third kappa shape index (κ3) is 2.40. The van der Waals surface area contributed by atoms with Gasteiger partial charge in [0.2, 0.25) is 0 Å². The van der Waals surface area contributed by atoms with Crippen molar-refractivity contribution in [3.8, 4) is 0 Å². The molecule has 1 saturated carbocycles. The molecule has 1 fully saturated rings. The average molecular weight is 223 g/mol. The first-order valence-electron chi connectivity index (χ1n) is 6.25. The Kier molecular flexibility index (Phi) is 3.53. The molecule has 1 N–H and O–H groups in total. The molecule has 1 aliphatic carbocycles. The Labute approximate surface area is 96.6 Å². The number of aromatic nitrogens is 4. The van der Waals surface area contributed by atoms with Crippen LogP contribution in [0.25, 0.3) is 0 Å². The van der Waals surface area contributed by atoms with Crippen LogP contribution in [0, 0.1) is 5.92 Å². The summed E-state index contributed by atoms with van der Waals surface area (Å²) in [7, 11) is 0. The maximum atomic E-state index is 4.14. The minimum absolute atomic E-state index is 0.233. The summed E-state index contributed by atoms with van der Waals surface area (Å²) in [5, 5.41) is 15.5. The van der Waals surface area contributed by atoms with E-state index in [0.717, 1.165) is 24.7 Å². The Morgan fingerprint density at radius 1 is 1.44 bits per heavy atom. The fraction of sp³-hybridized carbons (Fsp3) is 0.909. The van der Waals surface area contributed by atoms with Gasteiger partial charge in [-0.15, -0.1) is 5.10 Å². The van der Waals surface area contributed by atoms with Crippen molar-refractivity contribution in [2.45, 2.75) is 52.1 Å². The zero-order valence-electron chi connectivity index (χ0n) is 10.3. The van der Waals surface area contributed by atoms with Crippen LogP contribution in [0.2, 0.25) is 0 Å². The second-order valence-electron chi connectivity index (χ2n) is 4.74. The van der Waals surface area contributed by atoms with Gasteiger partial charge in [-0.05, 0) is 56.0 Å². The van der Waals surface area contributed by atoms with Crippen LogP contribution >= 0.6 is 0 Å². The smallest absolute Gasteiger partial charge is 0.168 e. The fourth-order valence-corrected chi connectivity index (χ4v) is 2.01. The van der Waals surface area contributed by atoms with E-state index in [1.54, 1.807) is 0 Å². The molecule has 0 aliphatic heterocycles. The highest BCUT2D eigenvalue weighted by atomic mass is 15.6. The van der Waals surface area contributed by atoms with Crippen molar-refractivity contribution in [3.63, 3.8) is 0 Å². The Balaban J connectivity index is 2.05. The topological polar surface area (TPSA) is 55.6 Å². The second kappa shape index (κ2) is 4.91. The maximum Gasteiger partial charge on any atom is 0.168 e. The van der Waals surface area contributed by atoms with Gasteiger partial charge in [0.1, 0.15) is 0 Å². The lowest BCUT2D eigenvalue weighted by atomic mass is 10.2. The van der Waals surface area contributed by atoms with E-state index in [2.05, 4.69) is 41.6 Å². The van der Waals surface area contributed by atoms with Gasteiger partial charge in [0.15, 0.2) is 5.82 Å². The van der Waals surface area contributed by atoms with Gasteiger partial charge in [0, 0.05) is 0 Å². The Hall–Kier alpha value is -0.970. The summed E-state index contributed by atoms with van der Waals surface area (Å²) in [5.41, 5.74) is 0. The molecule has 2 unspecified atom stereocenters. The van der Waals surface area contributed by atoms with Gasteiger partial charge in [-0.3, -0.25) is 0 Å². The molecular formula is C11H21N5. The van der Waals surface area contributed by atoms with Crippen LogP contribution in [0.4, 0.5) is 0 Å². The summed E-state index contributed by atoms with van der Waals surface area (Å²) in [6.07, 6.45) is 3.76. The van der Waals surface area contributed by atoms with Gasteiger partial charge in [0.05, 0.1) is 12.1 Å². The standard InChI is InChI=1S/C11H21N5/c1-4-7-12-8(2)11-13-14-15-16(11)9(3)10-5-6-10/h8-10,12H,4-7H2,1-3H3.